The molecule has 2 heterocycles. The minimum atomic E-state index is -0.418. The summed E-state index contributed by atoms with van der Waals surface area (Å²) in [5, 5.41) is 0.169. The topological polar surface area (TPSA) is 58.1 Å². The lowest BCUT2D eigenvalue weighted by atomic mass is 10.2. The van der Waals surface area contributed by atoms with Crippen LogP contribution in [0, 0.1) is 0 Å². The molecule has 1 fully saturated rings. The lowest BCUT2D eigenvalue weighted by molar-refractivity contribution is 0.280. The van der Waals surface area contributed by atoms with Crippen LogP contribution in [0.25, 0.3) is 0 Å². The van der Waals surface area contributed by atoms with Gasteiger partial charge >= 0.3 is 5.69 Å². The van der Waals surface area contributed by atoms with Gasteiger partial charge in [0.05, 0.1) is 11.6 Å². The van der Waals surface area contributed by atoms with Gasteiger partial charge in [0, 0.05) is 6.54 Å². The SMILES string of the molecule is CCc1c(Cl)[nH]c(=O)n(C(C)CN2CCCC2)c1=O. The highest BCUT2D eigenvalue weighted by Crippen LogP contribution is 2.13. The Balaban J connectivity index is 2.33. The average molecular weight is 286 g/mol. The molecule has 5 nitrogen and oxygen atoms in total. The van der Waals surface area contributed by atoms with Crippen molar-refractivity contribution in [2.24, 2.45) is 0 Å². The summed E-state index contributed by atoms with van der Waals surface area (Å²) >= 11 is 5.90. The number of halogens is 1. The maximum absolute atomic E-state index is 12.3. The molecule has 0 amide bonds. The van der Waals surface area contributed by atoms with Crippen LogP contribution in [0.4, 0.5) is 0 Å². The second-order valence-electron chi connectivity index (χ2n) is 5.11. The van der Waals surface area contributed by atoms with Crippen molar-refractivity contribution in [1.82, 2.24) is 14.5 Å². The van der Waals surface area contributed by atoms with Crippen molar-refractivity contribution in [3.8, 4) is 0 Å². The summed E-state index contributed by atoms with van der Waals surface area (Å²) in [5.41, 5.74) is -0.198. The van der Waals surface area contributed by atoms with Gasteiger partial charge in [-0.15, -0.1) is 0 Å². The van der Waals surface area contributed by atoms with Gasteiger partial charge < -0.3 is 4.90 Å². The third-order valence-corrected chi connectivity index (χ3v) is 4.02. The molecule has 2 rings (SSSR count). The molecule has 1 unspecified atom stereocenters. The van der Waals surface area contributed by atoms with Crippen LogP contribution in [0.15, 0.2) is 9.59 Å². The van der Waals surface area contributed by atoms with E-state index in [1.807, 2.05) is 13.8 Å². The molecule has 0 radical (unpaired) electrons. The van der Waals surface area contributed by atoms with Gasteiger partial charge in [0.1, 0.15) is 5.15 Å². The number of aromatic nitrogens is 2. The van der Waals surface area contributed by atoms with Gasteiger partial charge in [0.25, 0.3) is 5.56 Å². The second kappa shape index (κ2) is 5.92. The van der Waals surface area contributed by atoms with E-state index in [-0.39, 0.29) is 16.8 Å². The van der Waals surface area contributed by atoms with E-state index in [4.69, 9.17) is 11.6 Å². The van der Waals surface area contributed by atoms with Gasteiger partial charge in [0.2, 0.25) is 0 Å². The van der Waals surface area contributed by atoms with Crippen molar-refractivity contribution in [1.29, 1.82) is 0 Å². The molecule has 106 valence electrons. The van der Waals surface area contributed by atoms with E-state index in [2.05, 4.69) is 9.88 Å². The standard InChI is InChI=1S/C13H20ClN3O2/c1-3-10-11(14)15-13(19)17(12(10)18)9(2)8-16-6-4-5-7-16/h9H,3-8H2,1-2H3,(H,15,19). The first-order chi connectivity index (χ1) is 9.04. The highest BCUT2D eigenvalue weighted by molar-refractivity contribution is 6.30. The molecular formula is C13H20ClN3O2. The number of likely N-dealkylation sites (tertiary alicyclic amines) is 1. The summed E-state index contributed by atoms with van der Waals surface area (Å²) in [5.74, 6) is 0. The lowest BCUT2D eigenvalue weighted by Crippen LogP contribution is -2.42. The minimum absolute atomic E-state index is 0.142. The van der Waals surface area contributed by atoms with Gasteiger partial charge in [-0.3, -0.25) is 14.3 Å². The summed E-state index contributed by atoms with van der Waals surface area (Å²) in [6.45, 7) is 6.59. The smallest absolute Gasteiger partial charge is 0.301 e. The maximum Gasteiger partial charge on any atom is 0.329 e. The van der Waals surface area contributed by atoms with Crippen LogP contribution in [0.5, 0.6) is 0 Å². The average Bonchev–Trinajstić information content (AvgIpc) is 2.81. The molecule has 19 heavy (non-hydrogen) atoms. The molecule has 1 aromatic heterocycles. The van der Waals surface area contributed by atoms with Gasteiger partial charge in [-0.25, -0.2) is 4.79 Å². The summed E-state index contributed by atoms with van der Waals surface area (Å²) in [7, 11) is 0. The molecule has 1 saturated heterocycles. The Hall–Kier alpha value is -1.07. The quantitative estimate of drug-likeness (QED) is 0.851. The zero-order chi connectivity index (χ0) is 14.0. The van der Waals surface area contributed by atoms with Crippen LogP contribution >= 0.6 is 11.6 Å². The Morgan fingerprint density at radius 1 is 1.32 bits per heavy atom. The number of nitrogens with one attached hydrogen (secondary N) is 1. The Bertz CT molecular complexity index is 558. The first-order valence-electron chi connectivity index (χ1n) is 6.80. The van der Waals surface area contributed by atoms with Crippen LogP contribution in [0.2, 0.25) is 5.15 Å². The Kier molecular flexibility index (Phi) is 4.47. The first-order valence-corrected chi connectivity index (χ1v) is 7.18. The molecule has 1 aliphatic heterocycles. The fraction of sp³-hybridized carbons (Fsp3) is 0.692. The van der Waals surface area contributed by atoms with Crippen LogP contribution in [-0.4, -0.2) is 34.1 Å². The lowest BCUT2D eigenvalue weighted by Gasteiger charge is -2.21. The van der Waals surface area contributed by atoms with E-state index >= 15 is 0 Å². The van der Waals surface area contributed by atoms with E-state index < -0.39 is 5.69 Å². The van der Waals surface area contributed by atoms with Gasteiger partial charge in [-0.05, 0) is 39.3 Å². The molecule has 1 aromatic rings. The molecular weight excluding hydrogens is 266 g/mol. The van der Waals surface area contributed by atoms with Crippen molar-refractivity contribution in [3.05, 3.63) is 31.6 Å². The van der Waals surface area contributed by atoms with Crippen molar-refractivity contribution < 1.29 is 0 Å². The fourth-order valence-corrected chi connectivity index (χ4v) is 2.98. The third kappa shape index (κ3) is 2.92. The molecule has 0 bridgehead atoms. The Labute approximate surface area is 117 Å². The van der Waals surface area contributed by atoms with Crippen LogP contribution in [0.3, 0.4) is 0 Å². The van der Waals surface area contributed by atoms with E-state index in [9.17, 15) is 9.59 Å². The molecule has 6 heteroatoms. The Morgan fingerprint density at radius 3 is 2.53 bits per heavy atom. The van der Waals surface area contributed by atoms with Crippen LogP contribution in [-0.2, 0) is 6.42 Å². The van der Waals surface area contributed by atoms with E-state index in [1.165, 1.54) is 17.4 Å². The normalized spacial score (nSPS) is 17.8. The predicted octanol–water partition coefficient (Wildman–Crippen LogP) is 1.41. The molecule has 0 saturated carbocycles. The highest BCUT2D eigenvalue weighted by atomic mass is 35.5. The number of nitrogens with zero attached hydrogens (tertiary/aromatic N) is 2. The molecule has 0 spiro atoms. The maximum atomic E-state index is 12.3. The van der Waals surface area contributed by atoms with E-state index in [0.717, 1.165) is 19.6 Å². The van der Waals surface area contributed by atoms with Crippen molar-refractivity contribution in [3.63, 3.8) is 0 Å². The molecule has 1 N–H and O–H groups in total. The summed E-state index contributed by atoms with van der Waals surface area (Å²) in [4.78, 5) is 29.1. The second-order valence-corrected chi connectivity index (χ2v) is 5.49. The van der Waals surface area contributed by atoms with Crippen molar-refractivity contribution in [2.45, 2.75) is 39.2 Å². The first kappa shape index (κ1) is 14.3. The Morgan fingerprint density at radius 2 is 1.95 bits per heavy atom. The van der Waals surface area contributed by atoms with E-state index in [0.29, 0.717) is 12.0 Å². The van der Waals surface area contributed by atoms with Crippen LogP contribution in [0.1, 0.15) is 38.3 Å². The molecule has 0 aliphatic carbocycles. The molecule has 0 aromatic carbocycles. The van der Waals surface area contributed by atoms with Crippen LogP contribution < -0.4 is 11.2 Å². The van der Waals surface area contributed by atoms with Gasteiger partial charge in [0.15, 0.2) is 0 Å². The number of H-pyrrole nitrogens is 1. The van der Waals surface area contributed by atoms with E-state index in [1.54, 1.807) is 0 Å². The number of aromatic amines is 1. The number of hydrogen-bond acceptors (Lipinski definition) is 3. The molecule has 1 aliphatic rings. The number of hydrogen-bond donors (Lipinski definition) is 1. The predicted molar refractivity (Wildman–Crippen MR) is 76.1 cm³/mol. The van der Waals surface area contributed by atoms with Crippen molar-refractivity contribution in [2.75, 3.05) is 19.6 Å². The summed E-state index contributed by atoms with van der Waals surface area (Å²) in [6.07, 6.45) is 2.91. The van der Waals surface area contributed by atoms with Crippen molar-refractivity contribution >= 4 is 11.6 Å². The third-order valence-electron chi connectivity index (χ3n) is 3.69. The summed E-state index contributed by atoms with van der Waals surface area (Å²) in [6, 6.07) is -0.142. The van der Waals surface area contributed by atoms with Gasteiger partial charge in [-0.2, -0.15) is 0 Å². The van der Waals surface area contributed by atoms with Gasteiger partial charge in [-0.1, -0.05) is 18.5 Å². The zero-order valence-corrected chi connectivity index (χ0v) is 12.2. The minimum Gasteiger partial charge on any atom is -0.301 e. The highest BCUT2D eigenvalue weighted by Gasteiger charge is 2.20. The monoisotopic (exact) mass is 285 g/mol. The summed E-state index contributed by atoms with van der Waals surface area (Å²) < 4.78 is 1.29. The zero-order valence-electron chi connectivity index (χ0n) is 11.4. The fourth-order valence-electron chi connectivity index (χ4n) is 2.69. The largest absolute Gasteiger partial charge is 0.329 e. The molecule has 1 atom stereocenters. The number of rotatable bonds is 4.